The molecule has 0 aliphatic heterocycles. The molecule has 2 N–H and O–H groups in total. The Hall–Kier alpha value is -6.23. The molecule has 4 nitrogen and oxygen atoms in total. The van der Waals surface area contributed by atoms with Gasteiger partial charge >= 0.3 is 0 Å². The van der Waals surface area contributed by atoms with E-state index < -0.39 is 0 Å². The molecule has 7 aromatic carbocycles. The van der Waals surface area contributed by atoms with Gasteiger partial charge in [-0.25, -0.2) is 4.99 Å². The smallest absolute Gasteiger partial charge is 0.130 e. The summed E-state index contributed by atoms with van der Waals surface area (Å²) < 4.78 is 2.46. The van der Waals surface area contributed by atoms with E-state index in [-0.39, 0.29) is 11.6 Å². The molecule has 1 heterocycles. The normalized spacial score (nSPS) is 13.9. The first-order valence-corrected chi connectivity index (χ1v) is 18.5. The molecule has 258 valence electrons. The molecule has 9 rings (SSSR count). The topological polar surface area (TPSA) is 41.4 Å². The minimum atomic E-state index is -0.180. The average molecular weight is 687 g/mol. The number of fused-ring (bicyclic) bond motifs is 6. The molecule has 0 spiro atoms. The zero-order chi connectivity index (χ0) is 35.9. The van der Waals surface area contributed by atoms with Crippen molar-refractivity contribution in [3.63, 3.8) is 0 Å². The maximum absolute atomic E-state index is 5.19. The average Bonchev–Trinajstić information content (AvgIpc) is 3.65. The Balaban J connectivity index is 1.16. The molecule has 1 unspecified atom stereocenters. The minimum absolute atomic E-state index is 0.0967. The van der Waals surface area contributed by atoms with Gasteiger partial charge in [-0.2, -0.15) is 0 Å². The highest BCUT2D eigenvalue weighted by Crippen LogP contribution is 2.51. The van der Waals surface area contributed by atoms with Crippen LogP contribution in [0.15, 0.2) is 175 Å². The molecule has 1 atom stereocenters. The van der Waals surface area contributed by atoms with Gasteiger partial charge in [0.2, 0.25) is 0 Å². The highest BCUT2D eigenvalue weighted by molar-refractivity contribution is 6.12. The van der Waals surface area contributed by atoms with Gasteiger partial charge in [0.15, 0.2) is 0 Å². The van der Waals surface area contributed by atoms with Crippen LogP contribution in [-0.4, -0.2) is 17.5 Å². The predicted octanol–water partition coefficient (Wildman–Crippen LogP) is 11.2. The first-order valence-electron chi connectivity index (χ1n) is 18.5. The highest BCUT2D eigenvalue weighted by Gasteiger charge is 2.36. The summed E-state index contributed by atoms with van der Waals surface area (Å²) in [5, 5.41) is 9.63. The monoisotopic (exact) mass is 686 g/mol. The Kier molecular flexibility index (Phi) is 8.25. The second-order valence-electron chi connectivity index (χ2n) is 14.5. The van der Waals surface area contributed by atoms with Gasteiger partial charge in [0, 0.05) is 34.0 Å². The van der Waals surface area contributed by atoms with Gasteiger partial charge in [0.05, 0.1) is 11.0 Å². The number of nitrogens with one attached hydrogen (secondary N) is 2. The van der Waals surface area contributed by atoms with Crippen LogP contribution in [0.1, 0.15) is 47.8 Å². The fourth-order valence-corrected chi connectivity index (χ4v) is 8.18. The van der Waals surface area contributed by atoms with E-state index in [1.165, 1.54) is 60.8 Å². The number of benzene rings is 7. The largest absolute Gasteiger partial charge is 0.366 e. The van der Waals surface area contributed by atoms with Crippen LogP contribution < -0.4 is 10.6 Å². The van der Waals surface area contributed by atoms with Crippen molar-refractivity contribution >= 4 is 27.6 Å². The van der Waals surface area contributed by atoms with Crippen LogP contribution in [0.3, 0.4) is 0 Å². The van der Waals surface area contributed by atoms with E-state index >= 15 is 0 Å². The molecule has 0 saturated carbocycles. The first kappa shape index (κ1) is 32.7. The fraction of sp³-hybridized carbons (Fsp3) is 0.122. The van der Waals surface area contributed by atoms with Crippen molar-refractivity contribution in [2.24, 2.45) is 4.99 Å². The molecule has 0 saturated heterocycles. The molecule has 0 radical (unpaired) electrons. The summed E-state index contributed by atoms with van der Waals surface area (Å²) in [4.78, 5) is 5.19. The number of nitrogens with zero attached hydrogens (tertiary/aromatic N) is 2. The lowest BCUT2D eigenvalue weighted by Gasteiger charge is -2.21. The summed E-state index contributed by atoms with van der Waals surface area (Å²) in [5.41, 5.74) is 14.7. The molecule has 8 aromatic rings. The predicted molar refractivity (Wildman–Crippen MR) is 222 cm³/mol. The quantitative estimate of drug-likeness (QED) is 0.123. The number of aliphatic imine (C=N–C) groups is 1. The number of rotatable bonds is 8. The maximum Gasteiger partial charge on any atom is 0.130 e. The van der Waals surface area contributed by atoms with Crippen molar-refractivity contribution in [2.45, 2.75) is 32.0 Å². The summed E-state index contributed by atoms with van der Waals surface area (Å²) in [6.07, 6.45) is -0.180. The molecule has 1 aromatic heterocycles. The summed E-state index contributed by atoms with van der Waals surface area (Å²) >= 11 is 0. The standard InChI is InChI=1S/C49H42N4/c1-49(2)43-25-14-13-24-39(43)40-30-42-41-29-37(34-17-7-4-8-18-34)26-27-45(41)53(46(42)31-44(40)49)38-23-15-16-33(28-38)32-51-48(36-21-11-6-12-22-36)52-47(50-3)35-19-9-5-10-20-35/h4-31,47,50H,32H2,1-3H3,(H,51,52). The van der Waals surface area contributed by atoms with E-state index in [9.17, 15) is 0 Å². The molecule has 0 fully saturated rings. The maximum atomic E-state index is 5.19. The Labute approximate surface area is 311 Å². The highest BCUT2D eigenvalue weighted by atomic mass is 15.1. The van der Waals surface area contributed by atoms with E-state index in [1.54, 1.807) is 0 Å². The van der Waals surface area contributed by atoms with Crippen molar-refractivity contribution in [1.82, 2.24) is 15.2 Å². The zero-order valence-corrected chi connectivity index (χ0v) is 30.3. The SMILES string of the molecule is CNC(/N=C(\NCc1cccc(-n2c3ccc(-c4ccccc4)cc3c3cc4c(cc32)C(C)(C)c2ccccc2-4)c1)c1ccccc1)c1ccccc1. The lowest BCUT2D eigenvalue weighted by Crippen LogP contribution is -2.27. The van der Waals surface area contributed by atoms with Crippen LogP contribution in [0.2, 0.25) is 0 Å². The van der Waals surface area contributed by atoms with Crippen LogP contribution in [0.25, 0.3) is 49.7 Å². The number of aromatic nitrogens is 1. The Morgan fingerprint density at radius 3 is 2.08 bits per heavy atom. The van der Waals surface area contributed by atoms with Crippen LogP contribution >= 0.6 is 0 Å². The van der Waals surface area contributed by atoms with Crippen molar-refractivity contribution in [2.75, 3.05) is 7.05 Å². The van der Waals surface area contributed by atoms with Crippen LogP contribution in [0.5, 0.6) is 0 Å². The van der Waals surface area contributed by atoms with Gasteiger partial charge in [-0.15, -0.1) is 0 Å². The Morgan fingerprint density at radius 1 is 0.604 bits per heavy atom. The lowest BCUT2D eigenvalue weighted by atomic mass is 9.82. The third-order valence-corrected chi connectivity index (χ3v) is 10.9. The van der Waals surface area contributed by atoms with E-state index in [0.717, 1.165) is 22.6 Å². The zero-order valence-electron chi connectivity index (χ0n) is 30.3. The summed E-state index contributed by atoms with van der Waals surface area (Å²) in [6, 6.07) is 61.1. The van der Waals surface area contributed by atoms with Crippen molar-refractivity contribution < 1.29 is 0 Å². The Morgan fingerprint density at radius 2 is 1.30 bits per heavy atom. The van der Waals surface area contributed by atoms with Gasteiger partial charge < -0.3 is 9.88 Å². The first-order chi connectivity index (χ1) is 26.0. The molecule has 53 heavy (non-hydrogen) atoms. The molecular weight excluding hydrogens is 645 g/mol. The van der Waals surface area contributed by atoms with Crippen LogP contribution in [-0.2, 0) is 12.0 Å². The molecular formula is C49H42N4. The number of hydrogen-bond donors (Lipinski definition) is 2. The second kappa shape index (κ2) is 13.4. The molecule has 1 aliphatic rings. The fourth-order valence-electron chi connectivity index (χ4n) is 8.18. The van der Waals surface area contributed by atoms with Crippen molar-refractivity contribution in [3.8, 4) is 27.9 Å². The summed E-state index contributed by atoms with van der Waals surface area (Å²) in [6.45, 7) is 5.34. The van der Waals surface area contributed by atoms with Crippen molar-refractivity contribution in [3.05, 3.63) is 198 Å². The Bertz CT molecular complexity index is 2620. The van der Waals surface area contributed by atoms with Gasteiger partial charge in [0.25, 0.3) is 0 Å². The third-order valence-electron chi connectivity index (χ3n) is 10.9. The lowest BCUT2D eigenvalue weighted by molar-refractivity contribution is 0.620. The molecule has 0 bridgehead atoms. The summed E-state index contributed by atoms with van der Waals surface area (Å²) in [5.74, 6) is 0.849. The summed E-state index contributed by atoms with van der Waals surface area (Å²) in [7, 11) is 1.96. The van der Waals surface area contributed by atoms with Gasteiger partial charge in [-0.1, -0.05) is 147 Å². The number of hydrogen-bond acceptors (Lipinski definition) is 2. The van der Waals surface area contributed by atoms with E-state index in [0.29, 0.717) is 6.54 Å². The minimum Gasteiger partial charge on any atom is -0.366 e. The van der Waals surface area contributed by atoms with E-state index in [1.807, 2.05) is 19.2 Å². The molecule has 0 amide bonds. The van der Waals surface area contributed by atoms with Crippen LogP contribution in [0, 0.1) is 0 Å². The van der Waals surface area contributed by atoms with E-state index in [4.69, 9.17) is 4.99 Å². The van der Waals surface area contributed by atoms with Crippen molar-refractivity contribution in [1.29, 1.82) is 0 Å². The van der Waals surface area contributed by atoms with E-state index in [2.05, 4.69) is 187 Å². The third kappa shape index (κ3) is 5.82. The van der Waals surface area contributed by atoms with Gasteiger partial charge in [-0.3, -0.25) is 5.32 Å². The van der Waals surface area contributed by atoms with Gasteiger partial charge in [0.1, 0.15) is 12.0 Å². The molecule has 1 aliphatic carbocycles. The van der Waals surface area contributed by atoms with Gasteiger partial charge in [-0.05, 0) is 88.0 Å². The number of amidine groups is 1. The molecule has 4 heteroatoms. The van der Waals surface area contributed by atoms with Crippen LogP contribution in [0.4, 0.5) is 0 Å². The second-order valence-corrected chi connectivity index (χ2v) is 14.5.